The van der Waals surface area contributed by atoms with Gasteiger partial charge in [-0.05, 0) is 32.0 Å². The summed E-state index contributed by atoms with van der Waals surface area (Å²) >= 11 is 1.22. The highest BCUT2D eigenvalue weighted by molar-refractivity contribution is 7.99. The van der Waals surface area contributed by atoms with Gasteiger partial charge in [0.15, 0.2) is 16.7 Å². The SMILES string of the molecule is CCn1c(SCC(=O)Nc2ccc(OC)c(OC)c2)nc2cc(C)[nH]c2c1=O. The van der Waals surface area contributed by atoms with Crippen LogP contribution in [0.5, 0.6) is 11.5 Å². The van der Waals surface area contributed by atoms with Crippen LogP contribution in [0.15, 0.2) is 34.2 Å². The summed E-state index contributed by atoms with van der Waals surface area (Å²) in [5.74, 6) is 1.03. The van der Waals surface area contributed by atoms with Crippen molar-refractivity contribution in [1.29, 1.82) is 0 Å². The minimum Gasteiger partial charge on any atom is -0.493 e. The number of thioether (sulfide) groups is 1. The van der Waals surface area contributed by atoms with Gasteiger partial charge in [0, 0.05) is 24.0 Å². The number of carbonyl (C=O) groups excluding carboxylic acids is 1. The number of hydrogen-bond acceptors (Lipinski definition) is 6. The van der Waals surface area contributed by atoms with Gasteiger partial charge in [-0.25, -0.2) is 4.98 Å². The molecule has 0 saturated heterocycles. The molecule has 28 heavy (non-hydrogen) atoms. The number of H-pyrrole nitrogens is 1. The minimum absolute atomic E-state index is 0.121. The third-order valence-corrected chi connectivity index (χ3v) is 5.13. The van der Waals surface area contributed by atoms with Gasteiger partial charge in [0.1, 0.15) is 5.52 Å². The van der Waals surface area contributed by atoms with Gasteiger partial charge in [-0.1, -0.05) is 11.8 Å². The van der Waals surface area contributed by atoms with Crippen molar-refractivity contribution >= 4 is 34.4 Å². The molecule has 0 spiro atoms. The van der Waals surface area contributed by atoms with Crippen LogP contribution in [0.1, 0.15) is 12.6 Å². The molecular formula is C19H22N4O4S. The Morgan fingerprint density at radius 1 is 1.25 bits per heavy atom. The number of anilines is 1. The maximum Gasteiger partial charge on any atom is 0.278 e. The number of ether oxygens (including phenoxy) is 2. The van der Waals surface area contributed by atoms with E-state index in [1.54, 1.807) is 29.9 Å². The maximum atomic E-state index is 12.6. The second-order valence-electron chi connectivity index (χ2n) is 6.06. The zero-order valence-corrected chi connectivity index (χ0v) is 17.0. The van der Waals surface area contributed by atoms with Crippen molar-refractivity contribution in [2.75, 3.05) is 25.3 Å². The summed E-state index contributed by atoms with van der Waals surface area (Å²) in [6, 6.07) is 6.97. The smallest absolute Gasteiger partial charge is 0.278 e. The van der Waals surface area contributed by atoms with E-state index in [2.05, 4.69) is 15.3 Å². The van der Waals surface area contributed by atoms with Crippen LogP contribution in [0, 0.1) is 6.92 Å². The van der Waals surface area contributed by atoms with Crippen LogP contribution in [-0.2, 0) is 11.3 Å². The second kappa shape index (κ2) is 8.39. The van der Waals surface area contributed by atoms with Crippen LogP contribution in [0.2, 0.25) is 0 Å². The fourth-order valence-corrected chi connectivity index (χ4v) is 3.70. The van der Waals surface area contributed by atoms with E-state index < -0.39 is 0 Å². The van der Waals surface area contributed by atoms with Crippen molar-refractivity contribution in [3.05, 3.63) is 40.3 Å². The van der Waals surface area contributed by atoms with E-state index in [4.69, 9.17) is 9.47 Å². The van der Waals surface area contributed by atoms with Crippen LogP contribution >= 0.6 is 11.8 Å². The molecule has 0 aliphatic carbocycles. The number of carbonyl (C=O) groups is 1. The van der Waals surface area contributed by atoms with Gasteiger partial charge < -0.3 is 19.8 Å². The summed E-state index contributed by atoms with van der Waals surface area (Å²) < 4.78 is 12.0. The third kappa shape index (κ3) is 3.99. The first kappa shape index (κ1) is 19.8. The lowest BCUT2D eigenvalue weighted by molar-refractivity contribution is -0.113. The van der Waals surface area contributed by atoms with E-state index in [1.807, 2.05) is 19.9 Å². The molecule has 2 aromatic heterocycles. The highest BCUT2D eigenvalue weighted by Crippen LogP contribution is 2.30. The lowest BCUT2D eigenvalue weighted by Crippen LogP contribution is -2.23. The fraction of sp³-hybridized carbons (Fsp3) is 0.316. The molecule has 0 aliphatic rings. The molecule has 1 aromatic carbocycles. The molecule has 0 aliphatic heterocycles. The standard InChI is InChI=1S/C19H22N4O4S/c1-5-23-18(25)17-13(8-11(2)20-17)22-19(23)28-10-16(24)21-12-6-7-14(26-3)15(9-12)27-4/h6-9,20H,5,10H2,1-4H3,(H,21,24). The fourth-order valence-electron chi connectivity index (χ4n) is 2.84. The van der Waals surface area contributed by atoms with Crippen LogP contribution in [0.25, 0.3) is 11.0 Å². The Hall–Kier alpha value is -2.94. The number of fused-ring (bicyclic) bond motifs is 1. The van der Waals surface area contributed by atoms with Crippen molar-refractivity contribution in [2.24, 2.45) is 0 Å². The Kier molecular flexibility index (Phi) is 5.93. The van der Waals surface area contributed by atoms with E-state index in [9.17, 15) is 9.59 Å². The molecule has 0 saturated carbocycles. The molecule has 9 heteroatoms. The zero-order valence-electron chi connectivity index (χ0n) is 16.2. The first-order valence-corrected chi connectivity index (χ1v) is 9.70. The van der Waals surface area contributed by atoms with Gasteiger partial charge >= 0.3 is 0 Å². The number of nitrogens with one attached hydrogen (secondary N) is 2. The van der Waals surface area contributed by atoms with Gasteiger partial charge in [-0.15, -0.1) is 0 Å². The van der Waals surface area contributed by atoms with E-state index in [0.29, 0.717) is 39.9 Å². The number of nitrogens with zero attached hydrogens (tertiary/aromatic N) is 2. The normalized spacial score (nSPS) is 10.9. The van der Waals surface area contributed by atoms with Gasteiger partial charge in [0.25, 0.3) is 5.56 Å². The predicted molar refractivity (Wildman–Crippen MR) is 110 cm³/mol. The van der Waals surface area contributed by atoms with E-state index in [0.717, 1.165) is 5.69 Å². The Bertz CT molecular complexity index is 1070. The van der Waals surface area contributed by atoms with E-state index in [-0.39, 0.29) is 17.2 Å². The largest absolute Gasteiger partial charge is 0.493 e. The molecule has 0 fully saturated rings. The molecule has 148 valence electrons. The lowest BCUT2D eigenvalue weighted by atomic mass is 10.2. The van der Waals surface area contributed by atoms with Crippen LogP contribution < -0.4 is 20.3 Å². The van der Waals surface area contributed by atoms with Crippen molar-refractivity contribution in [3.8, 4) is 11.5 Å². The molecule has 0 radical (unpaired) electrons. The Morgan fingerprint density at radius 3 is 2.68 bits per heavy atom. The monoisotopic (exact) mass is 402 g/mol. The van der Waals surface area contributed by atoms with Crippen molar-refractivity contribution in [2.45, 2.75) is 25.5 Å². The second-order valence-corrected chi connectivity index (χ2v) is 7.01. The first-order valence-electron chi connectivity index (χ1n) is 8.71. The zero-order chi connectivity index (χ0) is 20.3. The highest BCUT2D eigenvalue weighted by atomic mass is 32.2. The highest BCUT2D eigenvalue weighted by Gasteiger charge is 2.14. The lowest BCUT2D eigenvalue weighted by Gasteiger charge is -2.11. The van der Waals surface area contributed by atoms with Gasteiger partial charge in [-0.3, -0.25) is 14.2 Å². The summed E-state index contributed by atoms with van der Waals surface area (Å²) in [6.07, 6.45) is 0. The summed E-state index contributed by atoms with van der Waals surface area (Å²) in [5.41, 5.74) is 2.42. The number of aromatic nitrogens is 3. The predicted octanol–water partition coefficient (Wildman–Crippen LogP) is 2.80. The minimum atomic E-state index is -0.209. The topological polar surface area (TPSA) is 98.2 Å². The van der Waals surface area contributed by atoms with Crippen LogP contribution in [0.3, 0.4) is 0 Å². The maximum absolute atomic E-state index is 12.6. The van der Waals surface area contributed by atoms with Gasteiger partial charge in [0.05, 0.1) is 25.5 Å². The number of aryl methyl sites for hydroxylation is 1. The number of amides is 1. The number of aromatic amines is 1. The van der Waals surface area contributed by atoms with Gasteiger partial charge in [-0.2, -0.15) is 0 Å². The van der Waals surface area contributed by atoms with Crippen LogP contribution in [0.4, 0.5) is 5.69 Å². The number of methoxy groups -OCH3 is 2. The van der Waals surface area contributed by atoms with Crippen molar-refractivity contribution in [1.82, 2.24) is 14.5 Å². The molecule has 0 unspecified atom stereocenters. The van der Waals surface area contributed by atoms with E-state index in [1.165, 1.54) is 18.9 Å². The number of benzene rings is 1. The van der Waals surface area contributed by atoms with Crippen LogP contribution in [-0.4, -0.2) is 40.4 Å². The molecule has 8 nitrogen and oxygen atoms in total. The molecular weight excluding hydrogens is 380 g/mol. The average Bonchev–Trinajstić information content (AvgIpc) is 3.07. The first-order chi connectivity index (χ1) is 13.5. The number of hydrogen-bond donors (Lipinski definition) is 2. The molecule has 1 amide bonds. The molecule has 2 heterocycles. The molecule has 0 bridgehead atoms. The Morgan fingerprint density at radius 2 is 2.00 bits per heavy atom. The Labute approximate surface area is 166 Å². The number of rotatable bonds is 7. The summed E-state index contributed by atoms with van der Waals surface area (Å²) in [7, 11) is 3.09. The summed E-state index contributed by atoms with van der Waals surface area (Å²) in [6.45, 7) is 4.22. The quantitative estimate of drug-likeness (QED) is 0.466. The Balaban J connectivity index is 1.75. The van der Waals surface area contributed by atoms with E-state index >= 15 is 0 Å². The summed E-state index contributed by atoms with van der Waals surface area (Å²) in [4.78, 5) is 32.6. The average molecular weight is 402 g/mol. The molecule has 3 aromatic rings. The molecule has 3 rings (SSSR count). The third-order valence-electron chi connectivity index (χ3n) is 4.15. The summed E-state index contributed by atoms with van der Waals surface area (Å²) in [5, 5.41) is 3.33. The molecule has 0 atom stereocenters. The van der Waals surface area contributed by atoms with Crippen molar-refractivity contribution < 1.29 is 14.3 Å². The van der Waals surface area contributed by atoms with Gasteiger partial charge in [0.2, 0.25) is 5.91 Å². The molecule has 2 N–H and O–H groups in total. The van der Waals surface area contributed by atoms with Crippen molar-refractivity contribution in [3.63, 3.8) is 0 Å².